The van der Waals surface area contributed by atoms with E-state index in [-0.39, 0.29) is 12.2 Å². The fourth-order valence-corrected chi connectivity index (χ4v) is 4.62. The number of fused-ring (bicyclic) bond motifs is 1. The Bertz CT molecular complexity index is 1330. The van der Waals surface area contributed by atoms with E-state index in [0.29, 0.717) is 33.0 Å². The molecule has 0 aliphatic carbocycles. The summed E-state index contributed by atoms with van der Waals surface area (Å²) < 4.78 is 18.6. The molecular formula is C24H24N2O5S. The summed E-state index contributed by atoms with van der Waals surface area (Å²) in [5, 5.41) is 0. The minimum absolute atomic E-state index is 0.224. The molecule has 1 unspecified atom stereocenters. The molecule has 1 aliphatic heterocycles. The molecule has 166 valence electrons. The van der Waals surface area contributed by atoms with Gasteiger partial charge < -0.3 is 13.9 Å². The van der Waals surface area contributed by atoms with Gasteiger partial charge in [0.2, 0.25) is 0 Å². The van der Waals surface area contributed by atoms with E-state index in [1.165, 1.54) is 22.2 Å². The quantitative estimate of drug-likeness (QED) is 0.514. The van der Waals surface area contributed by atoms with Crippen LogP contribution < -0.4 is 19.6 Å². The maximum Gasteiger partial charge on any atom is 0.338 e. The minimum Gasteiger partial charge on any atom is -0.494 e. The van der Waals surface area contributed by atoms with Crippen molar-refractivity contribution in [3.05, 3.63) is 84.9 Å². The molecule has 1 aromatic carbocycles. The Hall–Kier alpha value is -3.39. The molecule has 3 heterocycles. The van der Waals surface area contributed by atoms with Crippen molar-refractivity contribution in [1.29, 1.82) is 0 Å². The summed E-state index contributed by atoms with van der Waals surface area (Å²) in [6.45, 7) is 6.38. The lowest BCUT2D eigenvalue weighted by Gasteiger charge is -2.22. The van der Waals surface area contributed by atoms with Crippen molar-refractivity contribution in [2.24, 2.45) is 4.99 Å². The van der Waals surface area contributed by atoms with Crippen molar-refractivity contribution in [3.63, 3.8) is 0 Å². The number of nitrogens with zero attached hydrogens (tertiary/aromatic N) is 2. The fourth-order valence-electron chi connectivity index (χ4n) is 3.57. The first-order valence-corrected chi connectivity index (χ1v) is 11.3. The van der Waals surface area contributed by atoms with Crippen LogP contribution in [0.25, 0.3) is 6.08 Å². The Labute approximate surface area is 188 Å². The largest absolute Gasteiger partial charge is 0.494 e. The summed E-state index contributed by atoms with van der Waals surface area (Å²) in [7, 11) is 0. The monoisotopic (exact) mass is 452 g/mol. The van der Waals surface area contributed by atoms with Crippen molar-refractivity contribution in [3.8, 4) is 5.75 Å². The van der Waals surface area contributed by atoms with Crippen LogP contribution in [0.3, 0.4) is 0 Å². The van der Waals surface area contributed by atoms with E-state index in [9.17, 15) is 9.59 Å². The topological polar surface area (TPSA) is 83.0 Å². The number of ether oxygens (including phenoxy) is 2. The average molecular weight is 453 g/mol. The molecule has 0 N–H and O–H groups in total. The maximum atomic E-state index is 13.4. The second-order valence-electron chi connectivity index (χ2n) is 7.24. The first kappa shape index (κ1) is 21.8. The number of allylic oxidation sites excluding steroid dienone is 1. The normalized spacial score (nSPS) is 16.0. The van der Waals surface area contributed by atoms with Crippen LogP contribution in [0.15, 0.2) is 68.1 Å². The van der Waals surface area contributed by atoms with Crippen LogP contribution >= 0.6 is 11.3 Å². The number of benzene rings is 1. The lowest BCUT2D eigenvalue weighted by atomic mass is 10.0. The summed E-state index contributed by atoms with van der Waals surface area (Å²) >= 11 is 1.27. The maximum absolute atomic E-state index is 13.4. The van der Waals surface area contributed by atoms with Gasteiger partial charge in [0.15, 0.2) is 4.80 Å². The molecule has 8 heteroatoms. The number of hydrogen-bond donors (Lipinski definition) is 0. The van der Waals surface area contributed by atoms with E-state index >= 15 is 0 Å². The first-order valence-electron chi connectivity index (χ1n) is 10.5. The van der Waals surface area contributed by atoms with E-state index in [1.807, 2.05) is 37.3 Å². The summed E-state index contributed by atoms with van der Waals surface area (Å²) in [4.78, 5) is 31.2. The van der Waals surface area contributed by atoms with Gasteiger partial charge in [-0.2, -0.15) is 0 Å². The van der Waals surface area contributed by atoms with Gasteiger partial charge in [-0.15, -0.1) is 0 Å². The van der Waals surface area contributed by atoms with Crippen molar-refractivity contribution in [2.45, 2.75) is 33.2 Å². The standard InChI is InChI=1S/C24H24N2O5S/c1-4-11-30-17-9-6-8-16(13-17)14-19-22(27)26-21(18-10-7-12-31-18)20(23(28)29-5-2)15(3)25-24(26)32-19/h6-10,12-14,21H,4-5,11H2,1-3H3/b19-14-. The predicted octanol–water partition coefficient (Wildman–Crippen LogP) is 3.18. The second kappa shape index (κ2) is 9.40. The fraction of sp³-hybridized carbons (Fsp3) is 0.292. The van der Waals surface area contributed by atoms with Crippen LogP contribution in [0.1, 0.15) is 44.6 Å². The Morgan fingerprint density at radius 2 is 2.12 bits per heavy atom. The van der Waals surface area contributed by atoms with Gasteiger partial charge >= 0.3 is 5.97 Å². The number of furan rings is 1. The zero-order valence-electron chi connectivity index (χ0n) is 18.2. The van der Waals surface area contributed by atoms with Crippen molar-refractivity contribution in [1.82, 2.24) is 4.57 Å². The lowest BCUT2D eigenvalue weighted by molar-refractivity contribution is -0.139. The zero-order chi connectivity index (χ0) is 22.7. The third kappa shape index (κ3) is 4.18. The van der Waals surface area contributed by atoms with Crippen LogP contribution in [0, 0.1) is 0 Å². The molecule has 3 aromatic rings. The van der Waals surface area contributed by atoms with Crippen LogP contribution in [-0.4, -0.2) is 23.8 Å². The molecule has 32 heavy (non-hydrogen) atoms. The van der Waals surface area contributed by atoms with Crippen LogP contribution in [0.4, 0.5) is 0 Å². The van der Waals surface area contributed by atoms with E-state index in [2.05, 4.69) is 4.99 Å². The highest BCUT2D eigenvalue weighted by Crippen LogP contribution is 2.30. The van der Waals surface area contributed by atoms with Gasteiger partial charge in [-0.3, -0.25) is 9.36 Å². The average Bonchev–Trinajstić information content (AvgIpc) is 3.41. The highest BCUT2D eigenvalue weighted by atomic mass is 32.1. The Kier molecular flexibility index (Phi) is 6.41. The van der Waals surface area contributed by atoms with Gasteiger partial charge in [-0.05, 0) is 56.2 Å². The number of aromatic nitrogens is 1. The molecule has 7 nitrogen and oxygen atoms in total. The van der Waals surface area contributed by atoms with Crippen LogP contribution in [0.5, 0.6) is 5.75 Å². The van der Waals surface area contributed by atoms with Gasteiger partial charge in [0.05, 0.1) is 35.3 Å². The van der Waals surface area contributed by atoms with Gasteiger partial charge in [0, 0.05) is 0 Å². The number of esters is 1. The van der Waals surface area contributed by atoms with Crippen LogP contribution in [-0.2, 0) is 9.53 Å². The third-order valence-electron chi connectivity index (χ3n) is 4.96. The number of rotatable bonds is 7. The van der Waals surface area contributed by atoms with Gasteiger partial charge in [0.25, 0.3) is 5.56 Å². The van der Waals surface area contributed by atoms with Crippen molar-refractivity contribution >= 4 is 23.4 Å². The molecule has 0 saturated carbocycles. The molecule has 4 rings (SSSR count). The molecule has 0 fully saturated rings. The SMILES string of the molecule is CCCOc1cccc(/C=c2\sc3n(c2=O)C(c2ccco2)C(C(=O)OCC)=C(C)N=3)c1. The van der Waals surface area contributed by atoms with E-state index in [1.54, 1.807) is 26.0 Å². The van der Waals surface area contributed by atoms with Crippen LogP contribution in [0.2, 0.25) is 0 Å². The lowest BCUT2D eigenvalue weighted by Crippen LogP contribution is -2.39. The van der Waals surface area contributed by atoms with Gasteiger partial charge in [-0.25, -0.2) is 9.79 Å². The number of thiazole rings is 1. The third-order valence-corrected chi connectivity index (χ3v) is 5.94. The molecule has 0 amide bonds. The summed E-state index contributed by atoms with van der Waals surface area (Å²) in [5.41, 5.74) is 1.41. The highest BCUT2D eigenvalue weighted by Gasteiger charge is 2.34. The Morgan fingerprint density at radius 3 is 2.84 bits per heavy atom. The minimum atomic E-state index is -0.735. The summed E-state index contributed by atoms with van der Waals surface area (Å²) in [6.07, 6.45) is 4.24. The summed E-state index contributed by atoms with van der Waals surface area (Å²) in [5.74, 6) is 0.720. The zero-order valence-corrected chi connectivity index (χ0v) is 19.0. The number of carbonyl (C=O) groups is 1. The van der Waals surface area contributed by atoms with Crippen molar-refractivity contribution in [2.75, 3.05) is 13.2 Å². The van der Waals surface area contributed by atoms with E-state index in [4.69, 9.17) is 13.9 Å². The van der Waals surface area contributed by atoms with E-state index < -0.39 is 12.0 Å². The molecule has 1 aliphatic rings. The highest BCUT2D eigenvalue weighted by molar-refractivity contribution is 7.07. The first-order chi connectivity index (χ1) is 15.5. The number of hydrogen-bond acceptors (Lipinski definition) is 7. The van der Waals surface area contributed by atoms with E-state index in [0.717, 1.165) is 17.7 Å². The number of carbonyl (C=O) groups excluding carboxylic acids is 1. The molecule has 0 spiro atoms. The molecular weight excluding hydrogens is 428 g/mol. The van der Waals surface area contributed by atoms with Crippen molar-refractivity contribution < 1.29 is 18.7 Å². The smallest absolute Gasteiger partial charge is 0.338 e. The molecule has 0 saturated heterocycles. The van der Waals surface area contributed by atoms with Gasteiger partial charge in [0.1, 0.15) is 17.6 Å². The summed E-state index contributed by atoms with van der Waals surface area (Å²) in [6, 6.07) is 10.3. The molecule has 2 aromatic heterocycles. The molecule has 1 atom stereocenters. The Balaban J connectivity index is 1.85. The Morgan fingerprint density at radius 1 is 1.28 bits per heavy atom. The van der Waals surface area contributed by atoms with Gasteiger partial charge in [-0.1, -0.05) is 30.4 Å². The second-order valence-corrected chi connectivity index (χ2v) is 8.25. The molecule has 0 bridgehead atoms. The predicted molar refractivity (Wildman–Crippen MR) is 121 cm³/mol. The molecule has 0 radical (unpaired) electrons.